The van der Waals surface area contributed by atoms with Crippen molar-refractivity contribution in [3.8, 4) is 0 Å². The van der Waals surface area contributed by atoms with Crippen LogP contribution in [-0.2, 0) is 6.42 Å². The molecule has 2 N–H and O–H groups in total. The van der Waals surface area contributed by atoms with Crippen LogP contribution >= 0.6 is 0 Å². The molecule has 0 saturated heterocycles. The molecular formula is C17H19N3O2. The van der Waals surface area contributed by atoms with E-state index in [-0.39, 0.29) is 5.91 Å². The minimum absolute atomic E-state index is 0.108. The van der Waals surface area contributed by atoms with Crippen LogP contribution in [0.4, 0.5) is 0 Å². The Hall–Kier alpha value is -2.56. The molecule has 1 amide bonds. The van der Waals surface area contributed by atoms with Crippen molar-refractivity contribution in [1.29, 1.82) is 0 Å². The molecule has 114 valence electrons. The summed E-state index contributed by atoms with van der Waals surface area (Å²) in [7, 11) is 0. The second kappa shape index (κ2) is 6.47. The number of nitrogens with zero attached hydrogens (tertiary/aromatic N) is 1. The number of rotatable bonds is 5. The average Bonchev–Trinajstić information content (AvgIpc) is 3.19. The zero-order valence-corrected chi connectivity index (χ0v) is 12.5. The zero-order valence-electron chi connectivity index (χ0n) is 12.5. The third-order valence-electron chi connectivity index (χ3n) is 3.62. The standard InChI is InChI=1S/C17H19N3O2/c1-12-10-19-16(20-12)14-4-2-13(3-5-14)6-8-18-17(21)15-7-9-22-11-15/h2-5,7,9,11-12H,6,8,10H2,1H3,(H,18,21)(H,19,20). The fourth-order valence-electron chi connectivity index (χ4n) is 2.37. The summed E-state index contributed by atoms with van der Waals surface area (Å²) in [6.45, 7) is 3.55. The summed E-state index contributed by atoms with van der Waals surface area (Å²) in [6.07, 6.45) is 3.73. The highest BCUT2D eigenvalue weighted by atomic mass is 16.3. The largest absolute Gasteiger partial charge is 0.472 e. The number of furan rings is 1. The fraction of sp³-hybridized carbons (Fsp3) is 0.294. The van der Waals surface area contributed by atoms with Gasteiger partial charge >= 0.3 is 0 Å². The molecule has 5 nitrogen and oxygen atoms in total. The van der Waals surface area contributed by atoms with Crippen LogP contribution in [0, 0.1) is 0 Å². The third kappa shape index (κ3) is 3.36. The average molecular weight is 297 g/mol. The van der Waals surface area contributed by atoms with Gasteiger partial charge in [0.2, 0.25) is 0 Å². The van der Waals surface area contributed by atoms with Crippen molar-refractivity contribution >= 4 is 11.7 Å². The minimum Gasteiger partial charge on any atom is -0.472 e. The molecule has 1 aromatic heterocycles. The van der Waals surface area contributed by atoms with Gasteiger partial charge in [0.25, 0.3) is 5.91 Å². The summed E-state index contributed by atoms with van der Waals surface area (Å²) in [5, 5.41) is 6.22. The summed E-state index contributed by atoms with van der Waals surface area (Å²) in [4.78, 5) is 16.2. The number of carbonyl (C=O) groups excluding carboxylic acids is 1. The first kappa shape index (κ1) is 14.4. The van der Waals surface area contributed by atoms with Crippen molar-refractivity contribution in [2.75, 3.05) is 13.1 Å². The Morgan fingerprint density at radius 2 is 2.18 bits per heavy atom. The highest BCUT2D eigenvalue weighted by molar-refractivity contribution is 6.00. The number of benzene rings is 1. The Bertz CT molecular complexity index is 660. The van der Waals surface area contributed by atoms with Crippen molar-refractivity contribution in [2.45, 2.75) is 19.4 Å². The third-order valence-corrected chi connectivity index (χ3v) is 3.62. The van der Waals surface area contributed by atoms with E-state index in [1.54, 1.807) is 6.07 Å². The van der Waals surface area contributed by atoms with Crippen LogP contribution in [-0.4, -0.2) is 30.9 Å². The highest BCUT2D eigenvalue weighted by Gasteiger charge is 2.13. The second-order valence-corrected chi connectivity index (χ2v) is 5.45. The first-order chi connectivity index (χ1) is 10.7. The summed E-state index contributed by atoms with van der Waals surface area (Å²) >= 11 is 0. The topological polar surface area (TPSA) is 66.6 Å². The molecule has 1 unspecified atom stereocenters. The van der Waals surface area contributed by atoms with Gasteiger partial charge in [0, 0.05) is 18.2 Å². The number of hydrogen-bond acceptors (Lipinski definition) is 4. The van der Waals surface area contributed by atoms with Crippen molar-refractivity contribution in [3.05, 3.63) is 59.5 Å². The van der Waals surface area contributed by atoms with Crippen molar-refractivity contribution in [2.24, 2.45) is 4.99 Å². The van der Waals surface area contributed by atoms with Gasteiger partial charge in [-0.3, -0.25) is 9.79 Å². The van der Waals surface area contributed by atoms with Crippen LogP contribution in [0.2, 0.25) is 0 Å². The van der Waals surface area contributed by atoms with E-state index in [1.165, 1.54) is 18.1 Å². The van der Waals surface area contributed by atoms with Gasteiger partial charge in [0.05, 0.1) is 18.4 Å². The quantitative estimate of drug-likeness (QED) is 0.887. The lowest BCUT2D eigenvalue weighted by Gasteiger charge is -2.07. The van der Waals surface area contributed by atoms with Crippen molar-refractivity contribution < 1.29 is 9.21 Å². The second-order valence-electron chi connectivity index (χ2n) is 5.45. The first-order valence-electron chi connectivity index (χ1n) is 7.43. The molecule has 5 heteroatoms. The number of hydrogen-bond donors (Lipinski definition) is 2. The molecule has 1 aromatic carbocycles. The number of amidine groups is 1. The van der Waals surface area contributed by atoms with E-state index in [2.05, 4.69) is 46.8 Å². The van der Waals surface area contributed by atoms with Gasteiger partial charge in [0.15, 0.2) is 0 Å². The molecule has 1 aliphatic heterocycles. The fourth-order valence-corrected chi connectivity index (χ4v) is 2.37. The SMILES string of the molecule is CC1CN=C(c2ccc(CCNC(=O)c3ccoc3)cc2)N1. The van der Waals surface area contributed by atoms with Gasteiger partial charge in [0.1, 0.15) is 12.1 Å². The van der Waals surface area contributed by atoms with E-state index >= 15 is 0 Å². The normalized spacial score (nSPS) is 17.0. The summed E-state index contributed by atoms with van der Waals surface area (Å²) in [6, 6.07) is 10.3. The molecule has 0 spiro atoms. The van der Waals surface area contributed by atoms with Crippen LogP contribution in [0.5, 0.6) is 0 Å². The Kier molecular flexibility index (Phi) is 4.23. The Labute approximate surface area is 129 Å². The van der Waals surface area contributed by atoms with Gasteiger partial charge in [-0.25, -0.2) is 0 Å². The van der Waals surface area contributed by atoms with E-state index < -0.39 is 0 Å². The van der Waals surface area contributed by atoms with Gasteiger partial charge in [-0.1, -0.05) is 24.3 Å². The van der Waals surface area contributed by atoms with E-state index in [9.17, 15) is 4.79 Å². The maximum atomic E-state index is 11.8. The zero-order chi connectivity index (χ0) is 15.4. The predicted molar refractivity (Wildman–Crippen MR) is 85.2 cm³/mol. The molecule has 0 fully saturated rings. The van der Waals surface area contributed by atoms with Crippen molar-refractivity contribution in [1.82, 2.24) is 10.6 Å². The molecule has 1 aliphatic rings. The predicted octanol–water partition coefficient (Wildman–Crippen LogP) is 1.99. The maximum absolute atomic E-state index is 11.8. The van der Waals surface area contributed by atoms with Crippen LogP contribution < -0.4 is 10.6 Å². The number of carbonyl (C=O) groups is 1. The molecule has 1 atom stereocenters. The number of nitrogens with one attached hydrogen (secondary N) is 2. The van der Waals surface area contributed by atoms with E-state index in [0.717, 1.165) is 24.4 Å². The van der Waals surface area contributed by atoms with Gasteiger partial charge < -0.3 is 15.1 Å². The molecule has 22 heavy (non-hydrogen) atoms. The Morgan fingerprint density at radius 3 is 2.82 bits per heavy atom. The molecule has 0 saturated carbocycles. The molecule has 0 radical (unpaired) electrons. The van der Waals surface area contributed by atoms with Crippen LogP contribution in [0.15, 0.2) is 52.3 Å². The summed E-state index contributed by atoms with van der Waals surface area (Å²) in [5.41, 5.74) is 2.84. The lowest BCUT2D eigenvalue weighted by molar-refractivity contribution is 0.0953. The summed E-state index contributed by atoms with van der Waals surface area (Å²) < 4.78 is 4.89. The van der Waals surface area contributed by atoms with E-state index in [1.807, 2.05) is 0 Å². The summed E-state index contributed by atoms with van der Waals surface area (Å²) in [5.74, 6) is 0.858. The maximum Gasteiger partial charge on any atom is 0.254 e. The van der Waals surface area contributed by atoms with E-state index in [4.69, 9.17) is 4.42 Å². The molecule has 3 rings (SSSR count). The van der Waals surface area contributed by atoms with Crippen LogP contribution in [0.25, 0.3) is 0 Å². The van der Waals surface area contributed by atoms with Gasteiger partial charge in [-0.05, 0) is 25.0 Å². The lowest BCUT2D eigenvalue weighted by atomic mass is 10.1. The van der Waals surface area contributed by atoms with Crippen LogP contribution in [0.1, 0.15) is 28.4 Å². The van der Waals surface area contributed by atoms with Crippen LogP contribution in [0.3, 0.4) is 0 Å². The molecular weight excluding hydrogens is 278 g/mol. The monoisotopic (exact) mass is 297 g/mol. The van der Waals surface area contributed by atoms with E-state index in [0.29, 0.717) is 18.2 Å². The first-order valence-corrected chi connectivity index (χ1v) is 7.43. The lowest BCUT2D eigenvalue weighted by Crippen LogP contribution is -2.27. The van der Waals surface area contributed by atoms with Crippen molar-refractivity contribution in [3.63, 3.8) is 0 Å². The molecule has 2 heterocycles. The molecule has 0 aliphatic carbocycles. The Balaban J connectivity index is 1.50. The minimum atomic E-state index is -0.108. The van der Waals surface area contributed by atoms with Gasteiger partial charge in [-0.15, -0.1) is 0 Å². The number of aliphatic imine (C=N–C) groups is 1. The Morgan fingerprint density at radius 1 is 1.36 bits per heavy atom. The number of amides is 1. The smallest absolute Gasteiger partial charge is 0.254 e. The van der Waals surface area contributed by atoms with Gasteiger partial charge in [-0.2, -0.15) is 0 Å². The molecule has 0 bridgehead atoms. The molecule has 2 aromatic rings. The highest BCUT2D eigenvalue weighted by Crippen LogP contribution is 2.09.